The molecule has 0 amide bonds. The minimum Gasteiger partial charge on any atom is -0.456 e. The minimum atomic E-state index is -0.386. The third-order valence-electron chi connectivity index (χ3n) is 2.89. The van der Waals surface area contributed by atoms with Gasteiger partial charge >= 0.3 is 0 Å². The Bertz CT molecular complexity index is 669. The van der Waals surface area contributed by atoms with Crippen LogP contribution in [0.25, 0.3) is 0 Å². The molecule has 0 saturated carbocycles. The van der Waals surface area contributed by atoms with E-state index in [0.717, 1.165) is 11.1 Å². The molecule has 0 bridgehead atoms. The molecule has 0 heterocycles. The molecular weight excluding hydrogens is 259 g/mol. The molecule has 3 N–H and O–H groups in total. The maximum Gasteiger partial charge on any atom is 0.173 e. The molecule has 0 radical (unpaired) electrons. The summed E-state index contributed by atoms with van der Waals surface area (Å²) in [4.78, 5) is 0. The van der Waals surface area contributed by atoms with E-state index in [4.69, 9.17) is 15.7 Å². The molecule has 20 heavy (non-hydrogen) atoms. The molecule has 5 heteroatoms. The predicted octanol–water partition coefficient (Wildman–Crippen LogP) is 3.33. The van der Waals surface area contributed by atoms with Crippen molar-refractivity contribution in [2.75, 3.05) is 0 Å². The first-order valence-corrected chi connectivity index (χ1v) is 6.04. The normalized spacial score (nSPS) is 11.4. The van der Waals surface area contributed by atoms with Crippen LogP contribution in [0.4, 0.5) is 4.39 Å². The molecule has 0 atom stereocenters. The number of amidine groups is 1. The first-order valence-electron chi connectivity index (χ1n) is 6.04. The highest BCUT2D eigenvalue weighted by Crippen LogP contribution is 2.29. The van der Waals surface area contributed by atoms with Gasteiger partial charge in [0.25, 0.3) is 0 Å². The average Bonchev–Trinajstić information content (AvgIpc) is 2.43. The van der Waals surface area contributed by atoms with Crippen molar-refractivity contribution in [3.8, 4) is 11.5 Å². The zero-order valence-corrected chi connectivity index (χ0v) is 11.2. The molecule has 2 aromatic carbocycles. The Balaban J connectivity index is 2.46. The summed E-state index contributed by atoms with van der Waals surface area (Å²) in [6, 6.07) is 9.55. The summed E-state index contributed by atoms with van der Waals surface area (Å²) in [5.41, 5.74) is 7.82. The van der Waals surface area contributed by atoms with Crippen LogP contribution in [0.15, 0.2) is 41.6 Å². The molecule has 0 aliphatic carbocycles. The molecule has 0 fully saturated rings. The van der Waals surface area contributed by atoms with Crippen molar-refractivity contribution in [2.24, 2.45) is 10.9 Å². The fraction of sp³-hybridized carbons (Fsp3) is 0.133. The summed E-state index contributed by atoms with van der Waals surface area (Å²) in [7, 11) is 0. The van der Waals surface area contributed by atoms with E-state index in [1.807, 2.05) is 19.9 Å². The van der Waals surface area contributed by atoms with Crippen molar-refractivity contribution in [3.05, 3.63) is 58.9 Å². The van der Waals surface area contributed by atoms with E-state index in [2.05, 4.69) is 5.16 Å². The Morgan fingerprint density at radius 1 is 1.15 bits per heavy atom. The number of ether oxygens (including phenoxy) is 1. The Morgan fingerprint density at radius 3 is 2.60 bits per heavy atom. The van der Waals surface area contributed by atoms with Crippen molar-refractivity contribution in [3.63, 3.8) is 0 Å². The van der Waals surface area contributed by atoms with Crippen LogP contribution in [-0.4, -0.2) is 11.0 Å². The first kappa shape index (κ1) is 13.9. The maximum absolute atomic E-state index is 13.3. The number of oxime groups is 1. The van der Waals surface area contributed by atoms with Crippen LogP contribution in [0, 0.1) is 19.7 Å². The van der Waals surface area contributed by atoms with Crippen molar-refractivity contribution in [2.45, 2.75) is 13.8 Å². The number of aryl methyl sites for hydroxylation is 2. The van der Waals surface area contributed by atoms with Crippen LogP contribution >= 0.6 is 0 Å². The van der Waals surface area contributed by atoms with Crippen molar-refractivity contribution in [1.82, 2.24) is 0 Å². The third-order valence-corrected chi connectivity index (χ3v) is 2.89. The van der Waals surface area contributed by atoms with E-state index in [1.165, 1.54) is 12.1 Å². The molecule has 4 nitrogen and oxygen atoms in total. The fourth-order valence-electron chi connectivity index (χ4n) is 1.79. The van der Waals surface area contributed by atoms with Crippen LogP contribution in [0.2, 0.25) is 0 Å². The van der Waals surface area contributed by atoms with Crippen molar-refractivity contribution < 1.29 is 14.3 Å². The molecule has 0 aliphatic heterocycles. The van der Waals surface area contributed by atoms with Gasteiger partial charge < -0.3 is 15.7 Å². The predicted molar refractivity (Wildman–Crippen MR) is 74.9 cm³/mol. The highest BCUT2D eigenvalue weighted by atomic mass is 19.1. The average molecular weight is 274 g/mol. The molecular formula is C15H15FN2O2. The summed E-state index contributed by atoms with van der Waals surface area (Å²) in [5.74, 6) is 0.348. The van der Waals surface area contributed by atoms with Gasteiger partial charge in [-0.2, -0.15) is 0 Å². The largest absolute Gasteiger partial charge is 0.456 e. The van der Waals surface area contributed by atoms with Crippen LogP contribution in [0.1, 0.15) is 16.7 Å². The summed E-state index contributed by atoms with van der Waals surface area (Å²) in [6.45, 7) is 3.69. The molecule has 0 unspecified atom stereocenters. The Labute approximate surface area is 116 Å². The van der Waals surface area contributed by atoms with Gasteiger partial charge in [0.1, 0.15) is 17.3 Å². The second kappa shape index (κ2) is 5.61. The standard InChI is InChI=1S/C15H15FN2O2/c1-9-3-6-13(12(7-9)15(17)18-19)20-14-8-11(16)5-4-10(14)2/h3-8,19H,1-2H3,(H2,17,18). The number of hydrogen-bond acceptors (Lipinski definition) is 3. The number of nitrogens with zero attached hydrogens (tertiary/aromatic N) is 1. The van der Waals surface area contributed by atoms with Crippen molar-refractivity contribution in [1.29, 1.82) is 0 Å². The molecule has 0 saturated heterocycles. The quantitative estimate of drug-likeness (QED) is 0.390. The zero-order valence-electron chi connectivity index (χ0n) is 11.2. The van der Waals surface area contributed by atoms with Gasteiger partial charge in [-0.1, -0.05) is 22.9 Å². The smallest absolute Gasteiger partial charge is 0.173 e. The minimum absolute atomic E-state index is 0.0576. The van der Waals surface area contributed by atoms with E-state index < -0.39 is 0 Å². The summed E-state index contributed by atoms with van der Waals surface area (Å²) in [6.07, 6.45) is 0. The number of benzene rings is 2. The summed E-state index contributed by atoms with van der Waals surface area (Å²) in [5, 5.41) is 11.8. The third kappa shape index (κ3) is 2.88. The van der Waals surface area contributed by atoms with Gasteiger partial charge in [-0.15, -0.1) is 0 Å². The van der Waals surface area contributed by atoms with Gasteiger partial charge in [0.2, 0.25) is 0 Å². The Kier molecular flexibility index (Phi) is 3.89. The van der Waals surface area contributed by atoms with Gasteiger partial charge in [-0.05, 0) is 37.6 Å². The lowest BCUT2D eigenvalue weighted by molar-refractivity contribution is 0.318. The van der Waals surface area contributed by atoms with Crippen molar-refractivity contribution >= 4 is 5.84 Å². The van der Waals surface area contributed by atoms with Gasteiger partial charge in [-0.25, -0.2) is 4.39 Å². The lowest BCUT2D eigenvalue weighted by atomic mass is 10.1. The highest BCUT2D eigenvalue weighted by molar-refractivity contribution is 5.99. The lowest BCUT2D eigenvalue weighted by Gasteiger charge is -2.13. The zero-order chi connectivity index (χ0) is 14.7. The van der Waals surface area contributed by atoms with Crippen LogP contribution in [0.5, 0.6) is 11.5 Å². The molecule has 2 rings (SSSR count). The number of halogens is 1. The SMILES string of the molecule is Cc1ccc(Oc2cc(F)ccc2C)c(/C(N)=N/O)c1. The Morgan fingerprint density at radius 2 is 1.90 bits per heavy atom. The van der Waals surface area contributed by atoms with E-state index in [9.17, 15) is 4.39 Å². The van der Waals surface area contributed by atoms with E-state index in [-0.39, 0.29) is 11.7 Å². The number of hydrogen-bond donors (Lipinski definition) is 2. The maximum atomic E-state index is 13.3. The molecule has 104 valence electrons. The summed E-state index contributed by atoms with van der Waals surface area (Å²) >= 11 is 0. The van der Waals surface area contributed by atoms with E-state index in [1.54, 1.807) is 18.2 Å². The van der Waals surface area contributed by atoms with E-state index in [0.29, 0.717) is 17.1 Å². The van der Waals surface area contributed by atoms with Crippen LogP contribution < -0.4 is 10.5 Å². The molecule has 2 aromatic rings. The number of rotatable bonds is 3. The van der Waals surface area contributed by atoms with E-state index >= 15 is 0 Å². The second-order valence-electron chi connectivity index (χ2n) is 4.50. The molecule has 0 aliphatic rings. The number of nitrogens with two attached hydrogens (primary N) is 1. The van der Waals surface area contributed by atoms with Crippen LogP contribution in [0.3, 0.4) is 0 Å². The molecule has 0 spiro atoms. The fourth-order valence-corrected chi connectivity index (χ4v) is 1.79. The van der Waals surface area contributed by atoms with Gasteiger partial charge in [-0.3, -0.25) is 0 Å². The van der Waals surface area contributed by atoms with Gasteiger partial charge in [0, 0.05) is 6.07 Å². The second-order valence-corrected chi connectivity index (χ2v) is 4.50. The van der Waals surface area contributed by atoms with Crippen LogP contribution in [-0.2, 0) is 0 Å². The highest BCUT2D eigenvalue weighted by Gasteiger charge is 2.11. The Hall–Kier alpha value is -2.56. The lowest BCUT2D eigenvalue weighted by Crippen LogP contribution is -2.14. The van der Waals surface area contributed by atoms with Gasteiger partial charge in [0.05, 0.1) is 5.56 Å². The van der Waals surface area contributed by atoms with Gasteiger partial charge in [0.15, 0.2) is 5.84 Å². The molecule has 0 aromatic heterocycles. The first-order chi connectivity index (χ1) is 9.51. The topological polar surface area (TPSA) is 67.8 Å². The monoisotopic (exact) mass is 274 g/mol. The summed E-state index contributed by atoms with van der Waals surface area (Å²) < 4.78 is 19.0.